The van der Waals surface area contributed by atoms with E-state index in [1.807, 2.05) is 30.9 Å². The molecule has 1 amide bonds. The van der Waals surface area contributed by atoms with Crippen LogP contribution in [0.1, 0.15) is 59.9 Å². The molecule has 1 saturated heterocycles. The Hall–Kier alpha value is -1.51. The highest BCUT2D eigenvalue weighted by Crippen LogP contribution is 2.30. The Morgan fingerprint density at radius 1 is 1.23 bits per heavy atom. The number of amides is 1. The molecule has 2 N–H and O–H groups in total. The minimum absolute atomic E-state index is 0. The van der Waals surface area contributed by atoms with Crippen molar-refractivity contribution in [2.24, 2.45) is 10.9 Å². The van der Waals surface area contributed by atoms with Crippen LogP contribution >= 0.6 is 24.0 Å². The molecule has 2 rings (SSSR count). The van der Waals surface area contributed by atoms with Crippen molar-refractivity contribution < 1.29 is 9.53 Å². The summed E-state index contributed by atoms with van der Waals surface area (Å²) >= 11 is 0. The van der Waals surface area contributed by atoms with Gasteiger partial charge in [0.15, 0.2) is 5.96 Å². The third kappa shape index (κ3) is 8.86. The van der Waals surface area contributed by atoms with E-state index in [1.54, 1.807) is 0 Å². The molecule has 0 spiro atoms. The minimum Gasteiger partial charge on any atom is -0.491 e. The molecule has 0 atom stereocenters. The zero-order chi connectivity index (χ0) is 22.1. The first kappa shape index (κ1) is 27.5. The minimum atomic E-state index is 0. The molecule has 1 fully saturated rings. The Morgan fingerprint density at radius 3 is 2.45 bits per heavy atom. The number of piperidine rings is 1. The molecule has 1 aromatic carbocycles. The molecule has 0 radical (unpaired) electrons. The van der Waals surface area contributed by atoms with Gasteiger partial charge in [0.25, 0.3) is 0 Å². The molecule has 1 aliphatic rings. The molecule has 1 aromatic rings. The number of hydrogen-bond donors (Lipinski definition) is 2. The van der Waals surface area contributed by atoms with Crippen molar-refractivity contribution in [3.63, 3.8) is 0 Å². The lowest BCUT2D eigenvalue weighted by Gasteiger charge is -2.34. The van der Waals surface area contributed by atoms with Crippen molar-refractivity contribution in [1.82, 2.24) is 15.5 Å². The van der Waals surface area contributed by atoms with Gasteiger partial charge in [0.05, 0.1) is 6.54 Å². The second kappa shape index (κ2) is 13.1. The molecule has 6 nitrogen and oxygen atoms in total. The van der Waals surface area contributed by atoms with Gasteiger partial charge in [-0.3, -0.25) is 4.79 Å². The number of carbonyl (C=O) groups is 1. The number of carbonyl (C=O) groups excluding carboxylic acids is 1. The van der Waals surface area contributed by atoms with Gasteiger partial charge in [-0.1, -0.05) is 52.8 Å². The van der Waals surface area contributed by atoms with E-state index in [1.165, 1.54) is 5.56 Å². The molecule has 0 aromatic heterocycles. The number of nitrogens with one attached hydrogen (secondary N) is 2. The van der Waals surface area contributed by atoms with Gasteiger partial charge in [0, 0.05) is 31.6 Å². The van der Waals surface area contributed by atoms with Crippen LogP contribution < -0.4 is 15.4 Å². The van der Waals surface area contributed by atoms with Gasteiger partial charge in [-0.05, 0) is 36.8 Å². The van der Waals surface area contributed by atoms with Crippen LogP contribution in [0.3, 0.4) is 0 Å². The zero-order valence-corrected chi connectivity index (χ0v) is 22.4. The van der Waals surface area contributed by atoms with Gasteiger partial charge >= 0.3 is 0 Å². The Bertz CT molecular complexity index is 708. The number of guanidine groups is 1. The van der Waals surface area contributed by atoms with Crippen LogP contribution in [0.5, 0.6) is 5.75 Å². The van der Waals surface area contributed by atoms with Crippen molar-refractivity contribution >= 4 is 35.8 Å². The van der Waals surface area contributed by atoms with Gasteiger partial charge in [-0.2, -0.15) is 0 Å². The number of likely N-dealkylation sites (tertiary alicyclic amines) is 1. The van der Waals surface area contributed by atoms with Crippen molar-refractivity contribution in [3.05, 3.63) is 29.8 Å². The second-order valence-corrected chi connectivity index (χ2v) is 9.25. The maximum absolute atomic E-state index is 12.2. The number of hydrogen-bond acceptors (Lipinski definition) is 3. The molecular formula is C24H41IN4O2. The van der Waals surface area contributed by atoms with Gasteiger partial charge in [-0.15, -0.1) is 24.0 Å². The average Bonchev–Trinajstić information content (AvgIpc) is 2.71. The Balaban J connectivity index is 0.00000480. The summed E-state index contributed by atoms with van der Waals surface area (Å²) in [6.45, 7) is 16.1. The Labute approximate surface area is 205 Å². The molecular weight excluding hydrogens is 503 g/mol. The summed E-state index contributed by atoms with van der Waals surface area (Å²) in [6, 6.07) is 8.55. The first-order chi connectivity index (χ1) is 14.2. The number of para-hydroxylation sites is 1. The number of benzene rings is 1. The molecule has 7 heteroatoms. The maximum atomic E-state index is 12.2. The fraction of sp³-hybridized carbons (Fsp3) is 0.667. The Kier molecular flexibility index (Phi) is 11.7. The smallest absolute Gasteiger partial charge is 0.225 e. The fourth-order valence-corrected chi connectivity index (χ4v) is 3.65. The van der Waals surface area contributed by atoms with Crippen molar-refractivity contribution in [3.8, 4) is 5.75 Å². The number of rotatable bonds is 7. The van der Waals surface area contributed by atoms with E-state index in [0.29, 0.717) is 19.2 Å². The molecule has 31 heavy (non-hydrogen) atoms. The first-order valence-electron chi connectivity index (χ1n) is 11.3. The van der Waals surface area contributed by atoms with E-state index in [4.69, 9.17) is 4.74 Å². The van der Waals surface area contributed by atoms with Gasteiger partial charge < -0.3 is 20.3 Å². The predicted molar refractivity (Wildman–Crippen MR) is 140 cm³/mol. The lowest BCUT2D eigenvalue weighted by atomic mass is 9.86. The Morgan fingerprint density at radius 2 is 1.87 bits per heavy atom. The summed E-state index contributed by atoms with van der Waals surface area (Å²) in [5, 5.41) is 6.84. The topological polar surface area (TPSA) is 66.0 Å². The monoisotopic (exact) mass is 544 g/mol. The maximum Gasteiger partial charge on any atom is 0.225 e. The number of halogens is 1. The van der Waals surface area contributed by atoms with E-state index < -0.39 is 0 Å². The van der Waals surface area contributed by atoms with Crippen LogP contribution in [-0.4, -0.2) is 55.6 Å². The van der Waals surface area contributed by atoms with E-state index in [0.717, 1.165) is 44.2 Å². The summed E-state index contributed by atoms with van der Waals surface area (Å²) < 4.78 is 6.04. The summed E-state index contributed by atoms with van der Waals surface area (Å²) in [5.41, 5.74) is 1.25. The van der Waals surface area contributed by atoms with Gasteiger partial charge in [-0.25, -0.2) is 4.99 Å². The molecule has 1 heterocycles. The van der Waals surface area contributed by atoms with Gasteiger partial charge in [0.1, 0.15) is 12.4 Å². The highest BCUT2D eigenvalue weighted by atomic mass is 127. The van der Waals surface area contributed by atoms with Crippen LogP contribution in [0, 0.1) is 5.92 Å². The third-order valence-electron chi connectivity index (χ3n) is 5.30. The van der Waals surface area contributed by atoms with E-state index in [9.17, 15) is 4.79 Å². The summed E-state index contributed by atoms with van der Waals surface area (Å²) in [7, 11) is 0. The van der Waals surface area contributed by atoms with E-state index >= 15 is 0 Å². The first-order valence-corrected chi connectivity index (χ1v) is 11.3. The van der Waals surface area contributed by atoms with Crippen LogP contribution in [0.4, 0.5) is 0 Å². The lowest BCUT2D eigenvalue weighted by molar-refractivity contribution is -0.135. The van der Waals surface area contributed by atoms with Crippen molar-refractivity contribution in [2.45, 2.75) is 65.8 Å². The molecule has 0 unspecified atom stereocenters. The van der Waals surface area contributed by atoms with Crippen LogP contribution in [0.15, 0.2) is 29.3 Å². The summed E-state index contributed by atoms with van der Waals surface area (Å²) in [5.74, 6) is 2.07. The molecule has 0 bridgehead atoms. The second-order valence-electron chi connectivity index (χ2n) is 9.25. The number of aliphatic imine (C=N–C) groups is 1. The number of nitrogens with zero attached hydrogens (tertiary/aromatic N) is 2. The SMILES string of the molecule is CCNC(=NCCOc1ccccc1C(C)(C)C)NC1CCN(C(=O)C(C)C)CC1.I. The largest absolute Gasteiger partial charge is 0.491 e. The number of ether oxygens (including phenoxy) is 1. The molecule has 1 aliphatic heterocycles. The lowest BCUT2D eigenvalue weighted by Crippen LogP contribution is -2.50. The van der Waals surface area contributed by atoms with Crippen LogP contribution in [-0.2, 0) is 10.2 Å². The zero-order valence-electron chi connectivity index (χ0n) is 20.0. The standard InChI is InChI=1S/C24H40N4O2.HI/c1-7-25-23(27-19-12-15-28(16-13-19)22(29)18(2)3)26-14-17-30-21-11-9-8-10-20(21)24(4,5)6;/h8-11,18-19H,7,12-17H2,1-6H3,(H2,25,26,27);1H. The van der Waals surface area contributed by atoms with Crippen LogP contribution in [0.2, 0.25) is 0 Å². The highest BCUT2D eigenvalue weighted by molar-refractivity contribution is 14.0. The van der Waals surface area contributed by atoms with E-state index in [-0.39, 0.29) is 41.2 Å². The normalized spacial score (nSPS) is 15.5. The van der Waals surface area contributed by atoms with Gasteiger partial charge in [0.2, 0.25) is 5.91 Å². The highest BCUT2D eigenvalue weighted by Gasteiger charge is 2.24. The quantitative estimate of drug-likeness (QED) is 0.234. The summed E-state index contributed by atoms with van der Waals surface area (Å²) in [4.78, 5) is 18.8. The predicted octanol–water partition coefficient (Wildman–Crippen LogP) is 4.18. The third-order valence-corrected chi connectivity index (χ3v) is 5.30. The molecule has 0 aliphatic carbocycles. The van der Waals surface area contributed by atoms with Crippen molar-refractivity contribution in [2.75, 3.05) is 32.8 Å². The summed E-state index contributed by atoms with van der Waals surface area (Å²) in [6.07, 6.45) is 1.89. The van der Waals surface area contributed by atoms with Crippen LogP contribution in [0.25, 0.3) is 0 Å². The van der Waals surface area contributed by atoms with E-state index in [2.05, 4.69) is 55.5 Å². The molecule has 0 saturated carbocycles. The average molecular weight is 545 g/mol. The van der Waals surface area contributed by atoms with Crippen molar-refractivity contribution in [1.29, 1.82) is 0 Å². The molecule has 176 valence electrons. The fourth-order valence-electron chi connectivity index (χ4n) is 3.65.